The van der Waals surface area contributed by atoms with E-state index in [4.69, 9.17) is 23.8 Å². The fourth-order valence-corrected chi connectivity index (χ4v) is 6.62. The Kier molecular flexibility index (Phi) is 12.0. The molecular formula is C30H42N7O6P. The number of anilines is 1. The van der Waals surface area contributed by atoms with Gasteiger partial charge in [-0.2, -0.15) is 10.2 Å². The summed E-state index contributed by atoms with van der Waals surface area (Å²) < 4.78 is 29.3. The molecule has 0 aliphatic carbocycles. The Labute approximate surface area is 258 Å². The lowest BCUT2D eigenvalue weighted by atomic mass is 10.2. The van der Waals surface area contributed by atoms with Crippen LogP contribution in [0.2, 0.25) is 0 Å². The van der Waals surface area contributed by atoms with E-state index >= 15 is 0 Å². The second kappa shape index (κ2) is 15.7. The molecule has 2 aromatic heterocycles. The highest BCUT2D eigenvalue weighted by atomic mass is 31.2. The molecule has 14 heteroatoms. The number of carbonyl (C=O) groups excluding carboxylic acids is 1. The van der Waals surface area contributed by atoms with Gasteiger partial charge >= 0.3 is 0 Å². The van der Waals surface area contributed by atoms with Gasteiger partial charge in [0, 0.05) is 24.4 Å². The van der Waals surface area contributed by atoms with Gasteiger partial charge in [0.05, 0.1) is 44.7 Å². The molecule has 1 aliphatic rings. The van der Waals surface area contributed by atoms with E-state index in [2.05, 4.69) is 58.7 Å². The number of benzene rings is 1. The summed E-state index contributed by atoms with van der Waals surface area (Å²) in [6.45, 7) is 12.7. The van der Waals surface area contributed by atoms with E-state index in [1.165, 1.54) is 6.33 Å². The zero-order chi connectivity index (χ0) is 31.8. The zero-order valence-corrected chi connectivity index (χ0v) is 27.0. The van der Waals surface area contributed by atoms with Crippen LogP contribution in [0.4, 0.5) is 5.95 Å². The number of imidazole rings is 1. The normalized spacial score (nSPS) is 19.3. The maximum absolute atomic E-state index is 12.8. The first-order chi connectivity index (χ1) is 21.1. The third-order valence-corrected chi connectivity index (χ3v) is 9.13. The van der Waals surface area contributed by atoms with Gasteiger partial charge in [-0.05, 0) is 33.3 Å². The lowest BCUT2D eigenvalue weighted by Crippen LogP contribution is -2.36. The summed E-state index contributed by atoms with van der Waals surface area (Å²) >= 11 is 0. The standard InChI is InChI=1S/C30H42N7O6P/c1-19(2)28(38)34-30-33-27-26(29(39)35-30)32-18-36(27)25-15-23(24(42-25)17-40-16-22-11-8-7-9-12-22)43-44(41-14-10-13-31)37(20(3)4)21(5)6/h7-9,11-12,18-21,23-25H,10,14-17H2,1-6H3,(H2,33,34,35,38,39)/t23-,24-,25-,44?/m1/s1. The van der Waals surface area contributed by atoms with Crippen LogP contribution < -0.4 is 10.9 Å². The number of ether oxygens (including phenoxy) is 2. The monoisotopic (exact) mass is 627 g/mol. The molecule has 4 atom stereocenters. The summed E-state index contributed by atoms with van der Waals surface area (Å²) in [5, 5.41) is 11.8. The molecule has 0 radical (unpaired) electrons. The number of nitrogens with one attached hydrogen (secondary N) is 2. The Morgan fingerprint density at radius 2 is 1.95 bits per heavy atom. The maximum Gasteiger partial charge on any atom is 0.280 e. The first kappa shape index (κ1) is 33.6. The first-order valence-electron chi connectivity index (χ1n) is 14.9. The molecule has 1 unspecified atom stereocenters. The van der Waals surface area contributed by atoms with Crippen molar-refractivity contribution in [1.29, 1.82) is 5.26 Å². The van der Waals surface area contributed by atoms with Gasteiger partial charge in [0.25, 0.3) is 14.1 Å². The molecule has 2 N–H and O–H groups in total. The van der Waals surface area contributed by atoms with E-state index in [-0.39, 0.29) is 60.7 Å². The lowest BCUT2D eigenvalue weighted by molar-refractivity contribution is -0.118. The molecule has 238 valence electrons. The van der Waals surface area contributed by atoms with Crippen molar-refractivity contribution < 1.29 is 23.3 Å². The molecule has 44 heavy (non-hydrogen) atoms. The number of hydrogen-bond donors (Lipinski definition) is 2. The summed E-state index contributed by atoms with van der Waals surface area (Å²) in [4.78, 5) is 36.5. The highest BCUT2D eigenvalue weighted by molar-refractivity contribution is 7.44. The van der Waals surface area contributed by atoms with Gasteiger partial charge in [0.2, 0.25) is 11.9 Å². The van der Waals surface area contributed by atoms with E-state index in [0.29, 0.717) is 13.0 Å². The van der Waals surface area contributed by atoms with Crippen LogP contribution in [0.15, 0.2) is 41.5 Å². The van der Waals surface area contributed by atoms with Crippen LogP contribution in [0.25, 0.3) is 11.2 Å². The van der Waals surface area contributed by atoms with Crippen molar-refractivity contribution in [2.75, 3.05) is 18.5 Å². The molecule has 3 heterocycles. The fourth-order valence-electron chi connectivity index (χ4n) is 4.87. The van der Waals surface area contributed by atoms with Gasteiger partial charge in [-0.1, -0.05) is 44.2 Å². The third kappa shape index (κ3) is 8.47. The quantitative estimate of drug-likeness (QED) is 0.176. The molecule has 3 aromatic rings. The molecule has 0 spiro atoms. The van der Waals surface area contributed by atoms with Crippen LogP contribution in [-0.2, 0) is 29.9 Å². The number of nitrogens with zero attached hydrogens (tertiary/aromatic N) is 5. The lowest BCUT2D eigenvalue weighted by Gasteiger charge is -2.37. The Morgan fingerprint density at radius 3 is 2.61 bits per heavy atom. The summed E-state index contributed by atoms with van der Waals surface area (Å²) in [6.07, 6.45) is 0.656. The number of aromatic amines is 1. The molecule has 1 aromatic carbocycles. The molecule has 1 amide bonds. The highest BCUT2D eigenvalue weighted by Gasteiger charge is 2.42. The number of amides is 1. The topological polar surface area (TPSA) is 157 Å². The Morgan fingerprint density at radius 1 is 1.23 bits per heavy atom. The van der Waals surface area contributed by atoms with Crippen LogP contribution in [-0.4, -0.2) is 67.6 Å². The van der Waals surface area contributed by atoms with Crippen molar-refractivity contribution in [3.63, 3.8) is 0 Å². The largest absolute Gasteiger partial charge is 0.374 e. The molecule has 0 saturated carbocycles. The average Bonchev–Trinajstić information content (AvgIpc) is 3.57. The van der Waals surface area contributed by atoms with Gasteiger partial charge in [0.1, 0.15) is 12.3 Å². The molecule has 0 bridgehead atoms. The van der Waals surface area contributed by atoms with E-state index < -0.39 is 32.5 Å². The predicted molar refractivity (Wildman–Crippen MR) is 166 cm³/mol. The van der Waals surface area contributed by atoms with Crippen molar-refractivity contribution in [2.24, 2.45) is 5.92 Å². The van der Waals surface area contributed by atoms with Gasteiger partial charge in [-0.3, -0.25) is 24.5 Å². The maximum atomic E-state index is 12.8. The Hall–Kier alpha value is -3.24. The minimum Gasteiger partial charge on any atom is -0.374 e. The van der Waals surface area contributed by atoms with Gasteiger partial charge in [0.15, 0.2) is 11.2 Å². The van der Waals surface area contributed by atoms with E-state index in [1.807, 2.05) is 30.3 Å². The molecule has 1 fully saturated rings. The van der Waals surface area contributed by atoms with Crippen molar-refractivity contribution in [1.82, 2.24) is 24.2 Å². The minimum absolute atomic E-state index is 0.0374. The summed E-state index contributed by atoms with van der Waals surface area (Å²) in [6, 6.07) is 12.2. The summed E-state index contributed by atoms with van der Waals surface area (Å²) in [5.74, 6) is -0.532. The number of fused-ring (bicyclic) bond motifs is 1. The highest BCUT2D eigenvalue weighted by Crippen LogP contribution is 2.50. The average molecular weight is 628 g/mol. The second-order valence-electron chi connectivity index (χ2n) is 11.4. The van der Waals surface area contributed by atoms with Crippen molar-refractivity contribution in [3.8, 4) is 6.07 Å². The second-order valence-corrected chi connectivity index (χ2v) is 12.8. The van der Waals surface area contributed by atoms with Crippen LogP contribution in [0.1, 0.15) is 66.2 Å². The van der Waals surface area contributed by atoms with Crippen molar-refractivity contribution >= 4 is 31.5 Å². The van der Waals surface area contributed by atoms with E-state index in [0.717, 1.165) is 5.56 Å². The van der Waals surface area contributed by atoms with Crippen LogP contribution >= 0.6 is 8.53 Å². The number of H-pyrrole nitrogens is 1. The summed E-state index contributed by atoms with van der Waals surface area (Å²) in [5.41, 5.74) is 0.971. The first-order valence-corrected chi connectivity index (χ1v) is 16.0. The van der Waals surface area contributed by atoms with E-state index in [1.54, 1.807) is 18.4 Å². The smallest absolute Gasteiger partial charge is 0.280 e. The van der Waals surface area contributed by atoms with Gasteiger partial charge < -0.3 is 18.5 Å². The molecule has 13 nitrogen and oxygen atoms in total. The van der Waals surface area contributed by atoms with Crippen molar-refractivity contribution in [2.45, 2.75) is 91.5 Å². The van der Waals surface area contributed by atoms with Crippen LogP contribution in [0.3, 0.4) is 0 Å². The van der Waals surface area contributed by atoms with Gasteiger partial charge in [-0.15, -0.1) is 0 Å². The van der Waals surface area contributed by atoms with Crippen LogP contribution in [0, 0.1) is 17.2 Å². The predicted octanol–water partition coefficient (Wildman–Crippen LogP) is 4.88. The number of aromatic nitrogens is 4. The van der Waals surface area contributed by atoms with Crippen molar-refractivity contribution in [3.05, 3.63) is 52.6 Å². The number of hydrogen-bond acceptors (Lipinski definition) is 10. The molecule has 1 aliphatic heterocycles. The molecular weight excluding hydrogens is 585 g/mol. The summed E-state index contributed by atoms with van der Waals surface area (Å²) in [7, 11) is -1.55. The van der Waals surface area contributed by atoms with E-state index in [9.17, 15) is 9.59 Å². The zero-order valence-electron chi connectivity index (χ0n) is 26.1. The fraction of sp³-hybridized carbons (Fsp3) is 0.567. The number of rotatable bonds is 15. The van der Waals surface area contributed by atoms with Crippen LogP contribution in [0.5, 0.6) is 0 Å². The Bertz CT molecular complexity index is 1460. The molecule has 4 rings (SSSR count). The Balaban J connectivity index is 1.61. The minimum atomic E-state index is -1.55. The number of nitriles is 1. The van der Waals surface area contributed by atoms with Gasteiger partial charge in [-0.25, -0.2) is 9.65 Å². The number of carbonyl (C=O) groups is 1. The molecule has 1 saturated heterocycles. The third-order valence-electron chi connectivity index (χ3n) is 6.97. The SMILES string of the molecule is CC(C)C(=O)Nc1nc2c(ncn2[C@H]2C[C@@H](OP(OCCC#N)N(C(C)C)C(C)C)[C@@H](COCc3ccccc3)O2)c(=O)[nH]1.